The van der Waals surface area contributed by atoms with Crippen LogP contribution in [0.1, 0.15) is 23.0 Å². The number of hydrogen-bond acceptors (Lipinski definition) is 4. The van der Waals surface area contributed by atoms with E-state index in [0.29, 0.717) is 11.8 Å². The van der Waals surface area contributed by atoms with E-state index in [9.17, 15) is 5.11 Å². The normalized spacial score (nSPS) is 16.4. The molecule has 1 aliphatic rings. The van der Waals surface area contributed by atoms with Crippen molar-refractivity contribution < 1.29 is 5.11 Å². The van der Waals surface area contributed by atoms with E-state index < -0.39 is 0 Å². The summed E-state index contributed by atoms with van der Waals surface area (Å²) in [5.41, 5.74) is 2.70. The second kappa shape index (κ2) is 5.28. The lowest BCUT2D eigenvalue weighted by atomic mass is 10.0. The summed E-state index contributed by atoms with van der Waals surface area (Å²) in [6.45, 7) is 1.87. The second-order valence-corrected chi connectivity index (χ2v) is 5.51. The van der Waals surface area contributed by atoms with Crippen LogP contribution in [0.5, 0.6) is 5.75 Å². The molecule has 0 spiro atoms. The van der Waals surface area contributed by atoms with Crippen LogP contribution in [0.15, 0.2) is 60.7 Å². The lowest BCUT2D eigenvalue weighted by Crippen LogP contribution is -2.20. The topological polar surface area (TPSA) is 63.0 Å². The van der Waals surface area contributed by atoms with E-state index >= 15 is 0 Å². The largest absolute Gasteiger partial charge is 0.507 e. The second-order valence-electron chi connectivity index (χ2n) is 5.51. The molecule has 1 aliphatic heterocycles. The number of rotatable bonds is 2. The number of anilines is 1. The third kappa shape index (κ3) is 2.36. The lowest BCUT2D eigenvalue weighted by Gasteiger charge is -2.24. The van der Waals surface area contributed by atoms with Crippen molar-refractivity contribution in [3.8, 4) is 5.75 Å². The summed E-state index contributed by atoms with van der Waals surface area (Å²) in [5, 5.41) is 17.9. The Morgan fingerprint density at radius 1 is 1.04 bits per heavy atom. The predicted octanol–water partition coefficient (Wildman–Crippen LogP) is 3.35. The summed E-state index contributed by atoms with van der Waals surface area (Å²) in [6, 6.07) is 17.3. The maximum Gasteiger partial charge on any atom is 0.226 e. The monoisotopic (exact) mass is 304 g/mol. The standard InChI is InChI=1S/C18H16N4O/c1-12-19-18-20-15(14-9-5-6-10-17(14)23)11-16(22(18)21-12)13-7-3-2-4-8-13/h2-11,16,23H,1H3,(H,19,20,21)/t16-/m0/s1. The molecule has 5 heteroatoms. The van der Waals surface area contributed by atoms with Gasteiger partial charge in [0, 0.05) is 5.56 Å². The number of aromatic hydroxyl groups is 1. The van der Waals surface area contributed by atoms with Crippen LogP contribution >= 0.6 is 0 Å². The summed E-state index contributed by atoms with van der Waals surface area (Å²) < 4.78 is 1.87. The molecule has 0 saturated carbocycles. The van der Waals surface area contributed by atoms with Crippen molar-refractivity contribution >= 4 is 11.6 Å². The Morgan fingerprint density at radius 2 is 1.78 bits per heavy atom. The van der Waals surface area contributed by atoms with E-state index in [-0.39, 0.29) is 11.8 Å². The van der Waals surface area contributed by atoms with Gasteiger partial charge in [0.1, 0.15) is 17.6 Å². The molecule has 5 nitrogen and oxygen atoms in total. The fourth-order valence-corrected chi connectivity index (χ4v) is 2.85. The van der Waals surface area contributed by atoms with Crippen LogP contribution in [0.3, 0.4) is 0 Å². The molecular formula is C18H16N4O. The zero-order valence-electron chi connectivity index (χ0n) is 12.6. The highest BCUT2D eigenvalue weighted by Crippen LogP contribution is 2.34. The zero-order chi connectivity index (χ0) is 15.8. The number of hydrogen-bond donors (Lipinski definition) is 2. The van der Waals surface area contributed by atoms with Gasteiger partial charge >= 0.3 is 0 Å². The molecule has 2 N–H and O–H groups in total. The molecule has 0 amide bonds. The number of aromatic nitrogens is 3. The van der Waals surface area contributed by atoms with Gasteiger partial charge in [0.2, 0.25) is 5.95 Å². The number of phenolic OH excluding ortho intramolecular Hbond substituents is 1. The summed E-state index contributed by atoms with van der Waals surface area (Å²) in [7, 11) is 0. The van der Waals surface area contributed by atoms with E-state index in [1.54, 1.807) is 6.07 Å². The molecule has 0 aliphatic carbocycles. The fraction of sp³-hybridized carbons (Fsp3) is 0.111. The number of allylic oxidation sites excluding steroid dienone is 1. The van der Waals surface area contributed by atoms with Gasteiger partial charge in [0.05, 0.1) is 5.70 Å². The first-order valence-electron chi connectivity index (χ1n) is 7.47. The molecule has 0 fully saturated rings. The van der Waals surface area contributed by atoms with Gasteiger partial charge < -0.3 is 10.4 Å². The van der Waals surface area contributed by atoms with Crippen molar-refractivity contribution in [2.24, 2.45) is 0 Å². The molecule has 0 unspecified atom stereocenters. The number of phenols is 1. The quantitative estimate of drug-likeness (QED) is 0.762. The van der Waals surface area contributed by atoms with Gasteiger partial charge in [-0.25, -0.2) is 4.68 Å². The van der Waals surface area contributed by atoms with Crippen molar-refractivity contribution in [3.63, 3.8) is 0 Å². The number of para-hydroxylation sites is 1. The molecule has 1 atom stereocenters. The van der Waals surface area contributed by atoms with Gasteiger partial charge in [-0.2, -0.15) is 10.1 Å². The minimum atomic E-state index is -0.0664. The third-order valence-electron chi connectivity index (χ3n) is 3.91. The fourth-order valence-electron chi connectivity index (χ4n) is 2.85. The maximum absolute atomic E-state index is 10.1. The van der Waals surface area contributed by atoms with Crippen LogP contribution in [0.4, 0.5) is 5.95 Å². The van der Waals surface area contributed by atoms with Crippen molar-refractivity contribution in [3.05, 3.63) is 77.6 Å². The highest BCUT2D eigenvalue weighted by Gasteiger charge is 2.25. The predicted molar refractivity (Wildman–Crippen MR) is 89.0 cm³/mol. The molecule has 0 saturated heterocycles. The van der Waals surface area contributed by atoms with E-state index in [4.69, 9.17) is 0 Å². The van der Waals surface area contributed by atoms with Crippen LogP contribution in [-0.2, 0) is 0 Å². The smallest absolute Gasteiger partial charge is 0.226 e. The number of fused-ring (bicyclic) bond motifs is 1. The Hall–Kier alpha value is -3.08. The number of nitrogens with one attached hydrogen (secondary N) is 1. The first kappa shape index (κ1) is 13.6. The van der Waals surface area contributed by atoms with Crippen molar-refractivity contribution in [2.45, 2.75) is 13.0 Å². The molecule has 0 radical (unpaired) electrons. The van der Waals surface area contributed by atoms with Gasteiger partial charge in [-0.05, 0) is 30.7 Å². The Morgan fingerprint density at radius 3 is 2.57 bits per heavy atom. The van der Waals surface area contributed by atoms with Gasteiger partial charge in [0.15, 0.2) is 0 Å². The summed E-state index contributed by atoms with van der Waals surface area (Å²) >= 11 is 0. The van der Waals surface area contributed by atoms with Gasteiger partial charge in [-0.3, -0.25) is 0 Å². The molecule has 0 bridgehead atoms. The molecule has 2 aromatic carbocycles. The summed E-state index contributed by atoms with van der Waals surface area (Å²) in [4.78, 5) is 4.45. The van der Waals surface area contributed by atoms with E-state index in [0.717, 1.165) is 16.8 Å². The van der Waals surface area contributed by atoms with Crippen LogP contribution in [0, 0.1) is 6.92 Å². The van der Waals surface area contributed by atoms with E-state index in [1.807, 2.05) is 48.0 Å². The van der Waals surface area contributed by atoms with Crippen LogP contribution in [-0.4, -0.2) is 19.9 Å². The average molecular weight is 304 g/mol. The molecule has 1 aromatic heterocycles. The van der Waals surface area contributed by atoms with Crippen LogP contribution < -0.4 is 5.32 Å². The van der Waals surface area contributed by atoms with E-state index in [1.165, 1.54) is 0 Å². The SMILES string of the molecule is Cc1nc2n(n1)[C@H](c1ccccc1)C=C(c1ccccc1O)N2. The summed E-state index contributed by atoms with van der Waals surface area (Å²) in [5.74, 6) is 1.63. The molecule has 2 heterocycles. The van der Waals surface area contributed by atoms with E-state index in [2.05, 4.69) is 33.6 Å². The Kier molecular flexibility index (Phi) is 3.12. The Bertz CT molecular complexity index is 883. The van der Waals surface area contributed by atoms with Crippen LogP contribution in [0.25, 0.3) is 5.70 Å². The molecule has 23 heavy (non-hydrogen) atoms. The van der Waals surface area contributed by atoms with Crippen molar-refractivity contribution in [2.75, 3.05) is 5.32 Å². The number of nitrogens with zero attached hydrogens (tertiary/aromatic N) is 3. The number of aryl methyl sites for hydroxylation is 1. The first-order valence-corrected chi connectivity index (χ1v) is 7.47. The maximum atomic E-state index is 10.1. The van der Waals surface area contributed by atoms with Crippen LogP contribution in [0.2, 0.25) is 0 Å². The minimum Gasteiger partial charge on any atom is -0.507 e. The van der Waals surface area contributed by atoms with Crippen molar-refractivity contribution in [1.29, 1.82) is 0 Å². The zero-order valence-corrected chi connectivity index (χ0v) is 12.6. The Labute approximate surface area is 133 Å². The summed E-state index contributed by atoms with van der Waals surface area (Å²) in [6.07, 6.45) is 2.06. The first-order chi connectivity index (χ1) is 11.2. The van der Waals surface area contributed by atoms with Gasteiger partial charge in [-0.1, -0.05) is 42.5 Å². The molecule has 114 valence electrons. The number of benzene rings is 2. The third-order valence-corrected chi connectivity index (χ3v) is 3.91. The van der Waals surface area contributed by atoms with Gasteiger partial charge in [0.25, 0.3) is 0 Å². The molecular weight excluding hydrogens is 288 g/mol. The lowest BCUT2D eigenvalue weighted by molar-refractivity contribution is 0.473. The minimum absolute atomic E-state index is 0.0664. The van der Waals surface area contributed by atoms with Gasteiger partial charge in [-0.15, -0.1) is 0 Å². The molecule has 4 rings (SSSR count). The highest BCUT2D eigenvalue weighted by atomic mass is 16.3. The van der Waals surface area contributed by atoms with Crippen molar-refractivity contribution in [1.82, 2.24) is 14.8 Å². The average Bonchev–Trinajstić information content (AvgIpc) is 2.95. The Balaban J connectivity index is 1.86. The molecule has 3 aromatic rings. The highest BCUT2D eigenvalue weighted by molar-refractivity contribution is 5.80.